The van der Waals surface area contributed by atoms with Crippen LogP contribution in [0.5, 0.6) is 0 Å². The van der Waals surface area contributed by atoms with Gasteiger partial charge in [-0.05, 0) is 31.9 Å². The number of aromatic amines is 1. The van der Waals surface area contributed by atoms with E-state index in [1.165, 1.54) is 0 Å². The highest BCUT2D eigenvalue weighted by Gasteiger charge is 2.32. The van der Waals surface area contributed by atoms with E-state index in [9.17, 15) is 0 Å². The van der Waals surface area contributed by atoms with Crippen LogP contribution in [0.1, 0.15) is 36.0 Å². The normalized spacial score (nSPS) is 15.9. The third kappa shape index (κ3) is 4.17. The topological polar surface area (TPSA) is 118 Å². The van der Waals surface area contributed by atoms with Crippen molar-refractivity contribution in [3.63, 3.8) is 0 Å². The average Bonchev–Trinajstić information content (AvgIpc) is 3.55. The van der Waals surface area contributed by atoms with Crippen molar-refractivity contribution in [3.05, 3.63) is 59.7 Å². The number of methoxy groups -OCH3 is 1. The molecule has 164 valence electrons. The molecule has 4 aromatic heterocycles. The average molecular weight is 432 g/mol. The molecule has 2 N–H and O–H groups in total. The Balaban J connectivity index is 1.44. The first-order chi connectivity index (χ1) is 15.7. The van der Waals surface area contributed by atoms with E-state index in [-0.39, 0.29) is 6.04 Å². The highest BCUT2D eigenvalue weighted by molar-refractivity contribution is 5.56. The first kappa shape index (κ1) is 20.1. The van der Waals surface area contributed by atoms with Crippen LogP contribution in [-0.2, 0) is 11.3 Å². The zero-order valence-electron chi connectivity index (χ0n) is 17.9. The number of aryl methyl sites for hydroxylation is 1. The van der Waals surface area contributed by atoms with E-state index in [4.69, 9.17) is 19.2 Å². The number of nitrogens with zero attached hydrogens (tertiary/aromatic N) is 6. The molecule has 0 saturated carbocycles. The Morgan fingerprint density at radius 1 is 1.19 bits per heavy atom. The van der Waals surface area contributed by atoms with Crippen LogP contribution >= 0.6 is 0 Å². The Hall–Kier alpha value is -3.79. The van der Waals surface area contributed by atoms with Gasteiger partial charge < -0.3 is 19.5 Å². The van der Waals surface area contributed by atoms with E-state index >= 15 is 0 Å². The van der Waals surface area contributed by atoms with Crippen LogP contribution in [0.15, 0.2) is 47.1 Å². The molecule has 1 atom stereocenters. The summed E-state index contributed by atoms with van der Waals surface area (Å²) in [5.74, 6) is 2.75. The Labute approximate surface area is 185 Å². The number of H-pyrrole nitrogens is 1. The standard InChI is InChI=1S/C22H24N8O2/c1-14-10-21(28-27-14)25-20-11-15(13-31-2)24-22(26-20)30-9-5-7-18(30)19-12-17(29-32-19)16-6-3-4-8-23-16/h3-4,6,8,10-12,18H,5,7,9,13H2,1-2H3,(H2,24,25,26,27,28). The van der Waals surface area contributed by atoms with Gasteiger partial charge in [-0.25, -0.2) is 4.98 Å². The number of pyridine rings is 1. The van der Waals surface area contributed by atoms with Crippen LogP contribution < -0.4 is 10.2 Å². The molecular weight excluding hydrogens is 408 g/mol. The molecule has 10 heteroatoms. The summed E-state index contributed by atoms with van der Waals surface area (Å²) in [4.78, 5) is 16.0. The Morgan fingerprint density at radius 3 is 2.91 bits per heavy atom. The molecule has 5 rings (SSSR count). The first-order valence-electron chi connectivity index (χ1n) is 10.5. The minimum atomic E-state index is -0.00163. The number of rotatable bonds is 7. The summed E-state index contributed by atoms with van der Waals surface area (Å²) in [7, 11) is 1.65. The second-order valence-corrected chi connectivity index (χ2v) is 7.72. The molecular formula is C22H24N8O2. The summed E-state index contributed by atoms with van der Waals surface area (Å²) in [6.45, 7) is 3.15. The Kier molecular flexibility index (Phi) is 5.51. The van der Waals surface area contributed by atoms with Crippen LogP contribution in [0.3, 0.4) is 0 Å². The van der Waals surface area contributed by atoms with Crippen molar-refractivity contribution in [2.45, 2.75) is 32.4 Å². The number of nitrogens with one attached hydrogen (secondary N) is 2. The molecule has 32 heavy (non-hydrogen) atoms. The van der Waals surface area contributed by atoms with Gasteiger partial charge in [-0.1, -0.05) is 11.2 Å². The number of anilines is 3. The maximum atomic E-state index is 5.72. The summed E-state index contributed by atoms with van der Waals surface area (Å²) in [6, 6.07) is 11.5. The van der Waals surface area contributed by atoms with Gasteiger partial charge in [0.25, 0.3) is 0 Å². The fourth-order valence-electron chi connectivity index (χ4n) is 3.89. The second kappa shape index (κ2) is 8.75. The van der Waals surface area contributed by atoms with Gasteiger partial charge >= 0.3 is 0 Å². The van der Waals surface area contributed by atoms with Gasteiger partial charge in [0.05, 0.1) is 24.0 Å². The van der Waals surface area contributed by atoms with E-state index in [0.29, 0.717) is 24.2 Å². The number of aromatic nitrogens is 6. The molecule has 5 heterocycles. The fourth-order valence-corrected chi connectivity index (χ4v) is 3.89. The lowest BCUT2D eigenvalue weighted by molar-refractivity contribution is 0.181. The largest absolute Gasteiger partial charge is 0.378 e. The van der Waals surface area contributed by atoms with E-state index in [2.05, 4.69) is 30.6 Å². The predicted molar refractivity (Wildman–Crippen MR) is 118 cm³/mol. The molecule has 1 fully saturated rings. The lowest BCUT2D eigenvalue weighted by Gasteiger charge is -2.23. The SMILES string of the molecule is COCc1cc(Nc2cc(C)[nH]n2)nc(N2CCCC2c2cc(-c3ccccn3)no2)n1. The Morgan fingerprint density at radius 2 is 2.12 bits per heavy atom. The van der Waals surface area contributed by atoms with Gasteiger partial charge in [-0.15, -0.1) is 0 Å². The van der Waals surface area contributed by atoms with Gasteiger partial charge in [0, 0.05) is 43.7 Å². The number of hydrogen-bond acceptors (Lipinski definition) is 9. The van der Waals surface area contributed by atoms with Crippen LogP contribution in [0.4, 0.5) is 17.6 Å². The lowest BCUT2D eigenvalue weighted by atomic mass is 10.1. The van der Waals surface area contributed by atoms with Crippen molar-refractivity contribution in [2.75, 3.05) is 23.9 Å². The molecule has 0 spiro atoms. The van der Waals surface area contributed by atoms with Gasteiger partial charge in [-0.2, -0.15) is 10.1 Å². The van der Waals surface area contributed by atoms with Gasteiger partial charge in [0.1, 0.15) is 11.5 Å². The molecule has 0 bridgehead atoms. The van der Waals surface area contributed by atoms with E-state index in [1.54, 1.807) is 13.3 Å². The predicted octanol–water partition coefficient (Wildman–Crippen LogP) is 3.79. The van der Waals surface area contributed by atoms with Gasteiger partial charge in [0.15, 0.2) is 11.6 Å². The lowest BCUT2D eigenvalue weighted by Crippen LogP contribution is -2.25. The molecule has 0 amide bonds. The monoisotopic (exact) mass is 432 g/mol. The van der Waals surface area contributed by atoms with Crippen molar-refractivity contribution in [2.24, 2.45) is 0 Å². The quantitative estimate of drug-likeness (QED) is 0.449. The molecule has 0 radical (unpaired) electrons. The zero-order valence-corrected chi connectivity index (χ0v) is 17.9. The summed E-state index contributed by atoms with van der Waals surface area (Å²) in [5, 5.41) is 14.6. The summed E-state index contributed by atoms with van der Waals surface area (Å²) in [6.07, 6.45) is 3.68. The summed E-state index contributed by atoms with van der Waals surface area (Å²) >= 11 is 0. The van der Waals surface area contributed by atoms with Crippen molar-refractivity contribution in [1.82, 2.24) is 30.3 Å². The number of ether oxygens (including phenoxy) is 1. The second-order valence-electron chi connectivity index (χ2n) is 7.72. The maximum Gasteiger partial charge on any atom is 0.228 e. The molecule has 1 aliphatic rings. The molecule has 1 aliphatic heterocycles. The van der Waals surface area contributed by atoms with E-state index in [0.717, 1.165) is 47.9 Å². The van der Waals surface area contributed by atoms with E-state index in [1.807, 2.05) is 43.3 Å². The van der Waals surface area contributed by atoms with Crippen molar-refractivity contribution in [1.29, 1.82) is 0 Å². The highest BCUT2D eigenvalue weighted by Crippen LogP contribution is 2.36. The summed E-state index contributed by atoms with van der Waals surface area (Å²) in [5.41, 5.74) is 3.25. The van der Waals surface area contributed by atoms with Crippen LogP contribution in [0.2, 0.25) is 0 Å². The maximum absolute atomic E-state index is 5.72. The molecule has 10 nitrogen and oxygen atoms in total. The third-order valence-electron chi connectivity index (χ3n) is 5.32. The molecule has 1 unspecified atom stereocenters. The van der Waals surface area contributed by atoms with Gasteiger partial charge in [0.2, 0.25) is 5.95 Å². The fraction of sp³-hybridized carbons (Fsp3) is 0.318. The minimum absolute atomic E-state index is 0.00163. The van der Waals surface area contributed by atoms with Crippen molar-refractivity contribution >= 4 is 17.6 Å². The van der Waals surface area contributed by atoms with Crippen molar-refractivity contribution < 1.29 is 9.26 Å². The van der Waals surface area contributed by atoms with Crippen LogP contribution in [0, 0.1) is 6.92 Å². The van der Waals surface area contributed by atoms with Gasteiger partial charge in [-0.3, -0.25) is 10.1 Å². The zero-order chi connectivity index (χ0) is 21.9. The highest BCUT2D eigenvalue weighted by atomic mass is 16.5. The van der Waals surface area contributed by atoms with Crippen LogP contribution in [0.25, 0.3) is 11.4 Å². The van der Waals surface area contributed by atoms with Crippen LogP contribution in [-0.4, -0.2) is 44.0 Å². The first-order valence-corrected chi connectivity index (χ1v) is 10.5. The summed E-state index contributed by atoms with van der Waals surface area (Å²) < 4.78 is 11.0. The smallest absolute Gasteiger partial charge is 0.228 e. The third-order valence-corrected chi connectivity index (χ3v) is 5.32. The molecule has 0 aromatic carbocycles. The number of hydrogen-bond donors (Lipinski definition) is 2. The van der Waals surface area contributed by atoms with Crippen molar-refractivity contribution in [3.8, 4) is 11.4 Å². The Bertz CT molecular complexity index is 1190. The molecule has 0 aliphatic carbocycles. The van der Waals surface area contributed by atoms with E-state index < -0.39 is 0 Å². The minimum Gasteiger partial charge on any atom is -0.378 e. The molecule has 1 saturated heterocycles. The molecule has 4 aromatic rings.